The maximum absolute atomic E-state index is 3.24. The third-order valence-corrected chi connectivity index (χ3v) is 3.66. The van der Waals surface area contributed by atoms with E-state index in [1.165, 1.54) is 21.6 Å². The molecule has 2 rings (SSSR count). The van der Waals surface area contributed by atoms with E-state index in [0.717, 1.165) is 6.42 Å². The zero-order chi connectivity index (χ0) is 11.4. The maximum Gasteiger partial charge on any atom is 0.0384 e. The van der Waals surface area contributed by atoms with E-state index in [2.05, 4.69) is 55.3 Å². The SMILES string of the molecule is Cc1scc(C#CCc2ccccc2)c1C. The summed E-state index contributed by atoms with van der Waals surface area (Å²) in [4.78, 5) is 1.36. The van der Waals surface area contributed by atoms with Crippen molar-refractivity contribution in [2.24, 2.45) is 0 Å². The normalized spacial score (nSPS) is 9.62. The van der Waals surface area contributed by atoms with Crippen molar-refractivity contribution in [3.05, 3.63) is 57.3 Å². The molecule has 16 heavy (non-hydrogen) atoms. The Labute approximate surface area is 101 Å². The fourth-order valence-corrected chi connectivity index (χ4v) is 2.29. The molecular formula is C15H14S. The molecule has 0 saturated carbocycles. The minimum absolute atomic E-state index is 0.829. The van der Waals surface area contributed by atoms with Gasteiger partial charge in [0.05, 0.1) is 0 Å². The average molecular weight is 226 g/mol. The van der Waals surface area contributed by atoms with Gasteiger partial charge in [-0.3, -0.25) is 0 Å². The van der Waals surface area contributed by atoms with Crippen molar-refractivity contribution in [1.82, 2.24) is 0 Å². The van der Waals surface area contributed by atoms with E-state index in [-0.39, 0.29) is 0 Å². The lowest BCUT2D eigenvalue weighted by Gasteiger charge is -1.92. The second-order valence-electron chi connectivity index (χ2n) is 3.79. The summed E-state index contributed by atoms with van der Waals surface area (Å²) in [5.41, 5.74) is 3.78. The average Bonchev–Trinajstić information content (AvgIpc) is 2.62. The van der Waals surface area contributed by atoms with Gasteiger partial charge in [0, 0.05) is 22.2 Å². The Morgan fingerprint density at radius 2 is 1.88 bits per heavy atom. The van der Waals surface area contributed by atoms with Gasteiger partial charge in [0.2, 0.25) is 0 Å². The fraction of sp³-hybridized carbons (Fsp3) is 0.200. The molecule has 0 aliphatic carbocycles. The highest BCUT2D eigenvalue weighted by atomic mass is 32.1. The zero-order valence-electron chi connectivity index (χ0n) is 9.58. The van der Waals surface area contributed by atoms with Crippen LogP contribution in [-0.4, -0.2) is 0 Å². The first-order valence-electron chi connectivity index (χ1n) is 5.35. The predicted octanol–water partition coefficient (Wildman–Crippen LogP) is 3.96. The zero-order valence-corrected chi connectivity index (χ0v) is 10.4. The van der Waals surface area contributed by atoms with Crippen LogP contribution in [0.2, 0.25) is 0 Å². The lowest BCUT2D eigenvalue weighted by atomic mass is 10.1. The molecule has 0 saturated heterocycles. The standard InChI is InChI=1S/C15H14S/c1-12-13(2)16-11-15(12)10-6-9-14-7-4-3-5-8-14/h3-5,7-8,11H,9H2,1-2H3. The fourth-order valence-electron chi connectivity index (χ4n) is 1.47. The van der Waals surface area contributed by atoms with Crippen LogP contribution in [0.25, 0.3) is 0 Å². The number of thiophene rings is 1. The first kappa shape index (κ1) is 11.0. The summed E-state index contributed by atoms with van der Waals surface area (Å²) in [5.74, 6) is 6.47. The number of benzene rings is 1. The molecule has 0 bridgehead atoms. The Morgan fingerprint density at radius 1 is 1.12 bits per heavy atom. The smallest absolute Gasteiger partial charge is 0.0384 e. The highest BCUT2D eigenvalue weighted by Gasteiger charge is 1.99. The number of hydrogen-bond donors (Lipinski definition) is 0. The second-order valence-corrected chi connectivity index (χ2v) is 4.88. The molecule has 1 heterocycles. The molecule has 0 amide bonds. The summed E-state index contributed by atoms with van der Waals surface area (Å²) in [6.45, 7) is 4.28. The van der Waals surface area contributed by atoms with Gasteiger partial charge >= 0.3 is 0 Å². The Morgan fingerprint density at radius 3 is 2.50 bits per heavy atom. The van der Waals surface area contributed by atoms with Crippen LogP contribution in [0.3, 0.4) is 0 Å². The topological polar surface area (TPSA) is 0 Å². The third-order valence-electron chi connectivity index (χ3n) is 2.64. The van der Waals surface area contributed by atoms with Gasteiger partial charge in [-0.25, -0.2) is 0 Å². The van der Waals surface area contributed by atoms with Gasteiger partial charge in [-0.15, -0.1) is 11.3 Å². The monoisotopic (exact) mass is 226 g/mol. The summed E-state index contributed by atoms with van der Waals surface area (Å²) >= 11 is 1.77. The van der Waals surface area contributed by atoms with Crippen molar-refractivity contribution in [2.75, 3.05) is 0 Å². The molecule has 0 aliphatic heterocycles. The molecule has 0 spiro atoms. The first-order chi connectivity index (χ1) is 7.77. The van der Waals surface area contributed by atoms with Gasteiger partial charge in [0.15, 0.2) is 0 Å². The van der Waals surface area contributed by atoms with Crippen LogP contribution in [-0.2, 0) is 6.42 Å². The number of hydrogen-bond acceptors (Lipinski definition) is 1. The van der Waals surface area contributed by atoms with E-state index in [0.29, 0.717) is 0 Å². The molecule has 0 radical (unpaired) electrons. The van der Waals surface area contributed by atoms with E-state index in [9.17, 15) is 0 Å². The summed E-state index contributed by atoms with van der Waals surface area (Å²) in [5, 5.41) is 2.14. The van der Waals surface area contributed by atoms with Gasteiger partial charge in [-0.05, 0) is 25.0 Å². The molecular weight excluding hydrogens is 212 g/mol. The van der Waals surface area contributed by atoms with Crippen LogP contribution < -0.4 is 0 Å². The maximum atomic E-state index is 3.24. The molecule has 0 fully saturated rings. The molecule has 0 atom stereocenters. The largest absolute Gasteiger partial charge is 0.148 e. The van der Waals surface area contributed by atoms with Crippen molar-refractivity contribution >= 4 is 11.3 Å². The van der Waals surface area contributed by atoms with Crippen molar-refractivity contribution in [2.45, 2.75) is 20.3 Å². The van der Waals surface area contributed by atoms with Crippen molar-refractivity contribution in [3.63, 3.8) is 0 Å². The van der Waals surface area contributed by atoms with Crippen molar-refractivity contribution < 1.29 is 0 Å². The minimum Gasteiger partial charge on any atom is -0.148 e. The quantitative estimate of drug-likeness (QED) is 0.646. The Bertz CT molecular complexity index is 524. The van der Waals surface area contributed by atoms with Crippen LogP contribution in [0.1, 0.15) is 21.6 Å². The first-order valence-corrected chi connectivity index (χ1v) is 6.23. The Hall–Kier alpha value is -1.52. The molecule has 0 nitrogen and oxygen atoms in total. The van der Waals surface area contributed by atoms with Crippen molar-refractivity contribution in [3.8, 4) is 11.8 Å². The third kappa shape index (κ3) is 2.53. The summed E-state index contributed by atoms with van der Waals surface area (Å²) in [6, 6.07) is 10.4. The van der Waals surface area contributed by atoms with Crippen LogP contribution >= 0.6 is 11.3 Å². The van der Waals surface area contributed by atoms with Crippen LogP contribution in [0.5, 0.6) is 0 Å². The van der Waals surface area contributed by atoms with Crippen LogP contribution in [0.15, 0.2) is 35.7 Å². The highest BCUT2D eigenvalue weighted by molar-refractivity contribution is 7.10. The Balaban J connectivity index is 2.09. The van der Waals surface area contributed by atoms with E-state index < -0.39 is 0 Å². The van der Waals surface area contributed by atoms with Gasteiger partial charge in [-0.2, -0.15) is 0 Å². The molecule has 2 aromatic rings. The summed E-state index contributed by atoms with van der Waals surface area (Å²) < 4.78 is 0. The number of aryl methyl sites for hydroxylation is 1. The predicted molar refractivity (Wildman–Crippen MR) is 70.8 cm³/mol. The second kappa shape index (κ2) is 5.01. The number of rotatable bonds is 1. The Kier molecular flexibility index (Phi) is 3.44. The van der Waals surface area contributed by atoms with Crippen molar-refractivity contribution in [1.29, 1.82) is 0 Å². The molecule has 1 heteroatoms. The van der Waals surface area contributed by atoms with Gasteiger partial charge in [0.25, 0.3) is 0 Å². The van der Waals surface area contributed by atoms with E-state index in [1.807, 2.05) is 6.07 Å². The van der Waals surface area contributed by atoms with E-state index in [1.54, 1.807) is 11.3 Å². The van der Waals surface area contributed by atoms with Crippen LogP contribution in [0.4, 0.5) is 0 Å². The lowest BCUT2D eigenvalue weighted by molar-refractivity contribution is 1.32. The summed E-state index contributed by atoms with van der Waals surface area (Å²) in [7, 11) is 0. The lowest BCUT2D eigenvalue weighted by Crippen LogP contribution is -1.80. The molecule has 1 aromatic carbocycles. The van der Waals surface area contributed by atoms with E-state index in [4.69, 9.17) is 0 Å². The van der Waals surface area contributed by atoms with E-state index >= 15 is 0 Å². The molecule has 80 valence electrons. The molecule has 0 unspecified atom stereocenters. The molecule has 0 N–H and O–H groups in total. The van der Waals surface area contributed by atoms with Gasteiger partial charge < -0.3 is 0 Å². The molecule has 1 aromatic heterocycles. The van der Waals surface area contributed by atoms with Gasteiger partial charge in [-0.1, -0.05) is 42.2 Å². The highest BCUT2D eigenvalue weighted by Crippen LogP contribution is 2.19. The minimum atomic E-state index is 0.829. The molecule has 0 aliphatic rings. The summed E-state index contributed by atoms with van der Waals surface area (Å²) in [6.07, 6.45) is 0.829. The van der Waals surface area contributed by atoms with Gasteiger partial charge in [0.1, 0.15) is 0 Å². The van der Waals surface area contributed by atoms with Crippen LogP contribution in [0, 0.1) is 25.7 Å².